The predicted octanol–water partition coefficient (Wildman–Crippen LogP) is 0.834. The fraction of sp³-hybridized carbons (Fsp3) is 0.190. The highest BCUT2D eigenvalue weighted by Crippen LogP contribution is 2.10. The first kappa shape index (κ1) is 19.9. The van der Waals surface area contributed by atoms with Crippen molar-refractivity contribution in [1.82, 2.24) is 10.2 Å². The van der Waals surface area contributed by atoms with E-state index in [2.05, 4.69) is 17.2 Å². The van der Waals surface area contributed by atoms with E-state index in [0.29, 0.717) is 5.56 Å². The zero-order valence-corrected chi connectivity index (χ0v) is 15.1. The van der Waals surface area contributed by atoms with Crippen LogP contribution in [0.4, 0.5) is 0 Å². The highest BCUT2D eigenvalue weighted by Gasteiger charge is 2.32. The van der Waals surface area contributed by atoms with Crippen molar-refractivity contribution < 1.29 is 19.5 Å². The van der Waals surface area contributed by atoms with Crippen molar-refractivity contribution in [3.05, 3.63) is 71.3 Å². The molecule has 0 saturated carbocycles. The van der Waals surface area contributed by atoms with Crippen LogP contribution in [0.1, 0.15) is 21.5 Å². The van der Waals surface area contributed by atoms with Crippen LogP contribution in [-0.2, 0) is 9.59 Å². The molecule has 0 aliphatic heterocycles. The first-order chi connectivity index (χ1) is 13.0. The summed E-state index contributed by atoms with van der Waals surface area (Å²) in [4.78, 5) is 37.4. The van der Waals surface area contributed by atoms with Crippen LogP contribution in [0.2, 0.25) is 0 Å². The van der Waals surface area contributed by atoms with Crippen molar-refractivity contribution >= 4 is 17.6 Å². The summed E-state index contributed by atoms with van der Waals surface area (Å²) < 4.78 is 0. The molecular formula is C21H20N2O4. The molecule has 6 heteroatoms. The van der Waals surface area contributed by atoms with Crippen LogP contribution in [0.15, 0.2) is 54.6 Å². The van der Waals surface area contributed by atoms with Crippen LogP contribution in [0.3, 0.4) is 0 Å². The molecule has 0 spiro atoms. The summed E-state index contributed by atoms with van der Waals surface area (Å²) in [7, 11) is 2.71. The first-order valence-electron chi connectivity index (χ1n) is 8.27. The molecule has 0 fully saturated rings. The van der Waals surface area contributed by atoms with Gasteiger partial charge in [0, 0.05) is 30.8 Å². The van der Waals surface area contributed by atoms with Crippen molar-refractivity contribution in [2.75, 3.05) is 20.7 Å². The van der Waals surface area contributed by atoms with E-state index < -0.39 is 30.2 Å². The van der Waals surface area contributed by atoms with Crippen molar-refractivity contribution in [2.45, 2.75) is 6.04 Å². The largest absolute Gasteiger partial charge is 0.388 e. The number of likely N-dealkylation sites (N-methyl/N-ethyl adjacent to an activating group) is 2. The van der Waals surface area contributed by atoms with Gasteiger partial charge in [-0.3, -0.25) is 14.4 Å². The van der Waals surface area contributed by atoms with Gasteiger partial charge in [-0.25, -0.2) is 0 Å². The molecule has 0 radical (unpaired) electrons. The minimum absolute atomic E-state index is 0.308. The number of amides is 2. The summed E-state index contributed by atoms with van der Waals surface area (Å²) in [5.41, 5.74) is 1.92. The molecule has 138 valence electrons. The molecule has 0 saturated heterocycles. The maximum absolute atomic E-state index is 12.6. The average Bonchev–Trinajstić information content (AvgIpc) is 2.72. The van der Waals surface area contributed by atoms with Crippen LogP contribution in [0.5, 0.6) is 0 Å². The molecule has 2 aromatic rings. The lowest BCUT2D eigenvalue weighted by Gasteiger charge is -2.25. The van der Waals surface area contributed by atoms with Gasteiger partial charge in [0.2, 0.25) is 5.91 Å². The number of nitrogens with one attached hydrogen (secondary N) is 1. The summed E-state index contributed by atoms with van der Waals surface area (Å²) in [6, 6.07) is 14.7. The Morgan fingerprint density at radius 1 is 1.00 bits per heavy atom. The molecule has 2 amide bonds. The lowest BCUT2D eigenvalue weighted by molar-refractivity contribution is -0.135. The number of nitrogens with zero attached hydrogens (tertiary/aromatic N) is 1. The normalized spacial score (nSPS) is 10.9. The summed E-state index contributed by atoms with van der Waals surface area (Å²) in [5, 5.41) is 11.4. The van der Waals surface area contributed by atoms with Crippen molar-refractivity contribution in [1.29, 1.82) is 0 Å². The molecular weight excluding hydrogens is 344 g/mol. The maximum Gasteiger partial charge on any atom is 0.254 e. The molecule has 2 aromatic carbocycles. The number of benzene rings is 2. The van der Waals surface area contributed by atoms with Gasteiger partial charge in [0.05, 0.1) is 0 Å². The van der Waals surface area contributed by atoms with Gasteiger partial charge in [-0.2, -0.15) is 0 Å². The van der Waals surface area contributed by atoms with E-state index in [-0.39, 0.29) is 0 Å². The van der Waals surface area contributed by atoms with Gasteiger partial charge in [-0.1, -0.05) is 30.0 Å². The van der Waals surface area contributed by atoms with E-state index in [1.54, 1.807) is 24.3 Å². The minimum Gasteiger partial charge on any atom is -0.388 e. The summed E-state index contributed by atoms with van der Waals surface area (Å²) in [5.74, 6) is 4.11. The molecule has 0 aromatic heterocycles. The van der Waals surface area contributed by atoms with E-state index in [4.69, 9.17) is 5.11 Å². The lowest BCUT2D eigenvalue weighted by Crippen LogP contribution is -2.52. The van der Waals surface area contributed by atoms with E-state index in [1.807, 2.05) is 30.3 Å². The number of aliphatic hydroxyl groups excluding tert-OH is 1. The maximum atomic E-state index is 12.6. The minimum atomic E-state index is -1.38. The molecule has 1 atom stereocenters. The van der Waals surface area contributed by atoms with E-state index in [9.17, 15) is 14.4 Å². The number of aliphatic hydroxyl groups is 1. The van der Waals surface area contributed by atoms with Crippen LogP contribution in [-0.4, -0.2) is 54.3 Å². The van der Waals surface area contributed by atoms with E-state index in [1.165, 1.54) is 14.1 Å². The van der Waals surface area contributed by atoms with Gasteiger partial charge in [-0.05, 0) is 36.4 Å². The topological polar surface area (TPSA) is 86.7 Å². The number of rotatable bonds is 5. The van der Waals surface area contributed by atoms with Gasteiger partial charge in [0.1, 0.15) is 6.61 Å². The third-order valence-corrected chi connectivity index (χ3v) is 3.92. The molecule has 0 aliphatic rings. The molecule has 0 bridgehead atoms. The van der Waals surface area contributed by atoms with Crippen LogP contribution >= 0.6 is 0 Å². The van der Waals surface area contributed by atoms with E-state index in [0.717, 1.165) is 16.0 Å². The van der Waals surface area contributed by atoms with Crippen LogP contribution in [0, 0.1) is 11.8 Å². The second kappa shape index (κ2) is 9.32. The molecule has 2 rings (SSSR count). The van der Waals surface area contributed by atoms with Gasteiger partial charge in [-0.15, -0.1) is 0 Å². The molecule has 27 heavy (non-hydrogen) atoms. The highest BCUT2D eigenvalue weighted by molar-refractivity contribution is 6.10. The number of hydrogen-bond donors (Lipinski definition) is 2. The van der Waals surface area contributed by atoms with Crippen molar-refractivity contribution in [2.24, 2.45) is 0 Å². The third kappa shape index (κ3) is 5.03. The number of carbonyl (C=O) groups excluding carboxylic acids is 3. The Kier molecular flexibility index (Phi) is 6.86. The monoisotopic (exact) mass is 364 g/mol. The number of Topliss-reactive ketones (excluding diaryl/α,β-unsaturated/α-hetero) is 1. The molecule has 0 heterocycles. The van der Waals surface area contributed by atoms with E-state index >= 15 is 0 Å². The Morgan fingerprint density at radius 2 is 1.56 bits per heavy atom. The molecule has 1 unspecified atom stereocenters. The first-order valence-corrected chi connectivity index (χ1v) is 8.27. The molecule has 0 aliphatic carbocycles. The quantitative estimate of drug-likeness (QED) is 0.608. The number of carbonyl (C=O) groups is 3. The Morgan fingerprint density at radius 3 is 2.07 bits per heavy atom. The standard InChI is InChI=1S/C21H20N2O4/c1-22-20(26)19(18(25)14-24)23(2)21(27)17-12-10-16(11-13-17)9-8-15-6-4-3-5-7-15/h3-7,10-13,19,24H,14H2,1-2H3,(H,22,26). The highest BCUT2D eigenvalue weighted by atomic mass is 16.3. The smallest absolute Gasteiger partial charge is 0.254 e. The Balaban J connectivity index is 2.18. The van der Waals surface area contributed by atoms with Gasteiger partial charge in [0.15, 0.2) is 11.8 Å². The fourth-order valence-electron chi connectivity index (χ4n) is 2.44. The molecule has 6 nitrogen and oxygen atoms in total. The molecule has 2 N–H and O–H groups in total. The summed E-state index contributed by atoms with van der Waals surface area (Å²) >= 11 is 0. The number of ketones is 1. The van der Waals surface area contributed by atoms with Crippen LogP contribution < -0.4 is 5.32 Å². The van der Waals surface area contributed by atoms with Crippen LogP contribution in [0.25, 0.3) is 0 Å². The zero-order valence-electron chi connectivity index (χ0n) is 15.1. The van der Waals surface area contributed by atoms with Gasteiger partial charge < -0.3 is 15.3 Å². The summed E-state index contributed by atoms with van der Waals surface area (Å²) in [6.07, 6.45) is 0. The van der Waals surface area contributed by atoms with Gasteiger partial charge >= 0.3 is 0 Å². The Labute approximate surface area is 157 Å². The average molecular weight is 364 g/mol. The van der Waals surface area contributed by atoms with Crippen molar-refractivity contribution in [3.63, 3.8) is 0 Å². The van der Waals surface area contributed by atoms with Gasteiger partial charge in [0.25, 0.3) is 5.91 Å². The summed E-state index contributed by atoms with van der Waals surface area (Å²) in [6.45, 7) is -0.830. The Bertz CT molecular complexity index is 864. The second-order valence-electron chi connectivity index (χ2n) is 5.75. The SMILES string of the molecule is CNC(=O)C(C(=O)CO)N(C)C(=O)c1ccc(C#Cc2ccccc2)cc1. The lowest BCUT2D eigenvalue weighted by atomic mass is 10.1. The third-order valence-electron chi connectivity index (χ3n) is 3.92. The number of hydrogen-bond acceptors (Lipinski definition) is 4. The Hall–Kier alpha value is -3.43. The second-order valence-corrected chi connectivity index (χ2v) is 5.75. The predicted molar refractivity (Wildman–Crippen MR) is 101 cm³/mol. The zero-order chi connectivity index (χ0) is 19.8. The fourth-order valence-corrected chi connectivity index (χ4v) is 2.44. The van der Waals surface area contributed by atoms with Crippen molar-refractivity contribution in [3.8, 4) is 11.8 Å².